The molecule has 0 bridgehead atoms. The Kier molecular flexibility index (Phi) is 3.83. The Morgan fingerprint density at radius 3 is 2.74 bits per heavy atom. The highest BCUT2D eigenvalue weighted by Gasteiger charge is 2.47. The number of likely N-dealkylation sites (tertiary alicyclic amines) is 1. The first-order chi connectivity index (χ1) is 11.0. The summed E-state index contributed by atoms with van der Waals surface area (Å²) < 4.78 is 16.1. The van der Waals surface area contributed by atoms with Crippen LogP contribution < -0.4 is 0 Å². The van der Waals surface area contributed by atoms with Crippen LogP contribution in [-0.2, 0) is 11.3 Å². The van der Waals surface area contributed by atoms with Crippen molar-refractivity contribution in [2.24, 2.45) is 0 Å². The normalized spacial score (nSPS) is 21.0. The number of alkyl halides is 1. The highest BCUT2D eigenvalue weighted by Crippen LogP contribution is 2.29. The number of carboxylic acids is 1. The van der Waals surface area contributed by atoms with E-state index in [1.807, 2.05) is 35.8 Å². The van der Waals surface area contributed by atoms with E-state index in [0.717, 1.165) is 17.3 Å². The molecule has 3 rings (SSSR count). The van der Waals surface area contributed by atoms with Crippen LogP contribution in [0, 0.1) is 0 Å². The number of hydrogen-bond donors (Lipinski definition) is 1. The van der Waals surface area contributed by atoms with Crippen LogP contribution in [-0.4, -0.2) is 45.2 Å². The maximum absolute atomic E-state index is 14.2. The molecule has 5 nitrogen and oxygen atoms in total. The summed E-state index contributed by atoms with van der Waals surface area (Å²) in [4.78, 5) is 25.1. The third-order valence-corrected chi connectivity index (χ3v) is 4.37. The van der Waals surface area contributed by atoms with Gasteiger partial charge >= 0.3 is 5.97 Å². The number of aryl methyl sites for hydroxylation is 1. The van der Waals surface area contributed by atoms with E-state index in [0.29, 0.717) is 12.2 Å². The number of aromatic nitrogens is 1. The van der Waals surface area contributed by atoms with Crippen LogP contribution >= 0.6 is 0 Å². The summed E-state index contributed by atoms with van der Waals surface area (Å²) in [5, 5.41) is 9.93. The lowest BCUT2D eigenvalue weighted by atomic mass is 10.1. The Bertz CT molecular complexity index is 770. The van der Waals surface area contributed by atoms with E-state index >= 15 is 0 Å². The van der Waals surface area contributed by atoms with Crippen LogP contribution in [0.5, 0.6) is 0 Å². The molecule has 2 heterocycles. The number of benzene rings is 1. The maximum Gasteiger partial charge on any atom is 0.343 e. The first-order valence-corrected chi connectivity index (χ1v) is 7.76. The van der Waals surface area contributed by atoms with Gasteiger partial charge < -0.3 is 14.6 Å². The highest BCUT2D eigenvalue weighted by molar-refractivity contribution is 5.99. The van der Waals surface area contributed by atoms with Crippen molar-refractivity contribution < 1.29 is 19.1 Å². The maximum atomic E-state index is 14.2. The van der Waals surface area contributed by atoms with Crippen LogP contribution in [0.2, 0.25) is 0 Å². The van der Waals surface area contributed by atoms with Crippen LogP contribution in [0.25, 0.3) is 10.9 Å². The molecule has 6 heteroatoms. The first kappa shape index (κ1) is 15.5. The van der Waals surface area contributed by atoms with Gasteiger partial charge in [0.1, 0.15) is 5.69 Å². The number of carbonyl (C=O) groups excluding carboxylic acids is 1. The van der Waals surface area contributed by atoms with Gasteiger partial charge in [0, 0.05) is 30.4 Å². The standard InChI is InChI=1S/C17H19FN2O3/c1-2-8-20-13-6-4-3-5-12(13)10-14(20)15(21)19-9-7-17(18,11-19)16(22)23/h3-6,10H,2,7-9,11H2,1H3,(H,22,23). The fourth-order valence-electron chi connectivity index (χ4n) is 3.13. The van der Waals surface area contributed by atoms with Crippen molar-refractivity contribution in [2.75, 3.05) is 13.1 Å². The largest absolute Gasteiger partial charge is 0.479 e. The van der Waals surface area contributed by atoms with Crippen molar-refractivity contribution in [1.82, 2.24) is 9.47 Å². The van der Waals surface area contributed by atoms with Crippen molar-refractivity contribution in [3.63, 3.8) is 0 Å². The Morgan fingerprint density at radius 2 is 2.09 bits per heavy atom. The smallest absolute Gasteiger partial charge is 0.343 e. The van der Waals surface area contributed by atoms with Gasteiger partial charge in [0.25, 0.3) is 5.91 Å². The minimum Gasteiger partial charge on any atom is -0.479 e. The molecular formula is C17H19FN2O3. The SMILES string of the molecule is CCCn1c(C(=O)N2CCC(F)(C(=O)O)C2)cc2ccccc21. The monoisotopic (exact) mass is 318 g/mol. The molecule has 1 saturated heterocycles. The molecule has 0 radical (unpaired) electrons. The number of aliphatic carboxylic acids is 1. The van der Waals surface area contributed by atoms with E-state index in [4.69, 9.17) is 5.11 Å². The number of nitrogens with zero attached hydrogens (tertiary/aromatic N) is 2. The fraction of sp³-hybridized carbons (Fsp3) is 0.412. The number of hydrogen-bond acceptors (Lipinski definition) is 2. The van der Waals surface area contributed by atoms with Crippen molar-refractivity contribution in [1.29, 1.82) is 0 Å². The highest BCUT2D eigenvalue weighted by atomic mass is 19.1. The molecule has 2 aromatic rings. The molecule has 0 saturated carbocycles. The van der Waals surface area contributed by atoms with Crippen LogP contribution in [0.1, 0.15) is 30.3 Å². The molecule has 1 N–H and O–H groups in total. The van der Waals surface area contributed by atoms with Crippen molar-refractivity contribution >= 4 is 22.8 Å². The van der Waals surface area contributed by atoms with E-state index < -0.39 is 18.2 Å². The molecule has 1 amide bonds. The quantitative estimate of drug-likeness (QED) is 0.943. The first-order valence-electron chi connectivity index (χ1n) is 7.76. The fourth-order valence-corrected chi connectivity index (χ4v) is 3.13. The molecule has 1 aromatic carbocycles. The second-order valence-electron chi connectivity index (χ2n) is 5.99. The van der Waals surface area contributed by atoms with Gasteiger partial charge in [0.05, 0.1) is 6.54 Å². The summed E-state index contributed by atoms with van der Waals surface area (Å²) >= 11 is 0. The van der Waals surface area contributed by atoms with E-state index in [1.54, 1.807) is 6.07 Å². The van der Waals surface area contributed by atoms with E-state index in [2.05, 4.69) is 0 Å². The summed E-state index contributed by atoms with van der Waals surface area (Å²) in [6, 6.07) is 9.49. The molecular weight excluding hydrogens is 299 g/mol. The number of rotatable bonds is 4. The van der Waals surface area contributed by atoms with Gasteiger partial charge in [-0.05, 0) is 18.6 Å². The zero-order valence-electron chi connectivity index (χ0n) is 13.0. The topological polar surface area (TPSA) is 62.5 Å². The van der Waals surface area contributed by atoms with Crippen LogP contribution in [0.3, 0.4) is 0 Å². The minimum absolute atomic E-state index is 0.120. The summed E-state index contributed by atoms with van der Waals surface area (Å²) in [6.45, 7) is 2.43. The average Bonchev–Trinajstić information content (AvgIpc) is 3.10. The number of carboxylic acid groups (broad SMARTS) is 1. The molecule has 1 atom stereocenters. The Hall–Kier alpha value is -2.37. The summed E-state index contributed by atoms with van der Waals surface area (Å²) in [5.74, 6) is -1.81. The van der Waals surface area contributed by atoms with Crippen molar-refractivity contribution in [3.8, 4) is 0 Å². The second-order valence-corrected chi connectivity index (χ2v) is 5.99. The van der Waals surface area contributed by atoms with E-state index in [-0.39, 0.29) is 18.9 Å². The van der Waals surface area contributed by atoms with E-state index in [9.17, 15) is 14.0 Å². The van der Waals surface area contributed by atoms with Gasteiger partial charge in [-0.1, -0.05) is 25.1 Å². The molecule has 122 valence electrons. The van der Waals surface area contributed by atoms with Crippen LogP contribution in [0.15, 0.2) is 30.3 Å². The summed E-state index contributed by atoms with van der Waals surface area (Å²) in [7, 11) is 0. The molecule has 0 spiro atoms. The number of halogens is 1. The minimum atomic E-state index is -2.34. The Balaban J connectivity index is 1.95. The zero-order valence-corrected chi connectivity index (χ0v) is 13.0. The summed E-state index contributed by atoms with van der Waals surface area (Å²) in [6.07, 6.45) is 0.698. The van der Waals surface area contributed by atoms with E-state index in [1.165, 1.54) is 4.90 Å². The number of fused-ring (bicyclic) bond motifs is 1. The van der Waals surface area contributed by atoms with Gasteiger partial charge in [-0.15, -0.1) is 0 Å². The Labute approximate surface area is 133 Å². The molecule has 1 aliphatic heterocycles. The number of amides is 1. The van der Waals surface area contributed by atoms with Gasteiger partial charge in [-0.2, -0.15) is 0 Å². The molecule has 1 aromatic heterocycles. The van der Waals surface area contributed by atoms with Crippen molar-refractivity contribution in [2.45, 2.75) is 32.0 Å². The van der Waals surface area contributed by atoms with Gasteiger partial charge in [0.15, 0.2) is 0 Å². The second kappa shape index (κ2) is 5.68. The zero-order chi connectivity index (χ0) is 16.6. The molecule has 1 fully saturated rings. The van der Waals surface area contributed by atoms with Gasteiger partial charge in [-0.3, -0.25) is 4.79 Å². The van der Waals surface area contributed by atoms with Crippen molar-refractivity contribution in [3.05, 3.63) is 36.0 Å². The lowest BCUT2D eigenvalue weighted by molar-refractivity contribution is -0.149. The summed E-state index contributed by atoms with van der Waals surface area (Å²) in [5.41, 5.74) is -0.888. The predicted octanol–water partition coefficient (Wildman–Crippen LogP) is 2.69. The van der Waals surface area contributed by atoms with Crippen LogP contribution in [0.4, 0.5) is 4.39 Å². The number of carbonyl (C=O) groups is 2. The third-order valence-electron chi connectivity index (χ3n) is 4.37. The number of para-hydroxylation sites is 1. The molecule has 1 aliphatic rings. The molecule has 0 aliphatic carbocycles. The Morgan fingerprint density at radius 1 is 1.35 bits per heavy atom. The lowest BCUT2D eigenvalue weighted by Crippen LogP contribution is -2.39. The molecule has 23 heavy (non-hydrogen) atoms. The lowest BCUT2D eigenvalue weighted by Gasteiger charge is -2.19. The molecule has 1 unspecified atom stereocenters. The predicted molar refractivity (Wildman–Crippen MR) is 84.2 cm³/mol. The average molecular weight is 318 g/mol. The third kappa shape index (κ3) is 2.58. The van der Waals surface area contributed by atoms with Gasteiger partial charge in [-0.25, -0.2) is 9.18 Å². The van der Waals surface area contributed by atoms with Gasteiger partial charge in [0.2, 0.25) is 5.67 Å².